The van der Waals surface area contributed by atoms with Crippen molar-refractivity contribution in [1.29, 1.82) is 0 Å². The van der Waals surface area contributed by atoms with Gasteiger partial charge in [-0.05, 0) is 43.5 Å². The minimum atomic E-state index is -3.44. The predicted molar refractivity (Wildman–Crippen MR) is 132 cm³/mol. The normalized spacial score (nSPS) is 14.4. The maximum absolute atomic E-state index is 12.8. The van der Waals surface area contributed by atoms with Crippen molar-refractivity contribution in [2.45, 2.75) is 38.5 Å². The molecule has 1 aromatic carbocycles. The summed E-state index contributed by atoms with van der Waals surface area (Å²) in [4.78, 5) is 16.6. The first-order chi connectivity index (χ1) is 16.4. The first-order valence-corrected chi connectivity index (χ1v) is 13.2. The molecule has 178 valence electrons. The topological polar surface area (TPSA) is 98.5 Å². The molecule has 4 rings (SSSR count). The van der Waals surface area contributed by atoms with E-state index in [1.165, 1.54) is 0 Å². The molecule has 0 amide bonds. The summed E-state index contributed by atoms with van der Waals surface area (Å²) in [5, 5.41) is 10.5. The molecule has 0 saturated carbocycles. The molecule has 0 aliphatic heterocycles. The molecular formula is C26H28N2O5S. The van der Waals surface area contributed by atoms with Crippen molar-refractivity contribution in [1.82, 2.24) is 9.55 Å². The molecule has 2 heterocycles. The fourth-order valence-corrected chi connectivity index (χ4v) is 5.57. The van der Waals surface area contributed by atoms with Crippen molar-refractivity contribution in [3.8, 4) is 0 Å². The molecule has 1 aliphatic rings. The first kappa shape index (κ1) is 23.8. The number of aryl methyl sites for hydroxylation is 1. The molecule has 0 spiro atoms. The van der Waals surface area contributed by atoms with Crippen molar-refractivity contribution in [2.75, 3.05) is 12.4 Å². The summed E-state index contributed by atoms with van der Waals surface area (Å²) in [6, 6.07) is 12.3. The van der Waals surface area contributed by atoms with Crippen LogP contribution >= 0.6 is 0 Å². The third kappa shape index (κ3) is 5.39. The number of benzene rings is 1. The summed E-state index contributed by atoms with van der Waals surface area (Å²) < 4.78 is 32.8. The molecule has 0 unspecified atom stereocenters. The van der Waals surface area contributed by atoms with E-state index in [2.05, 4.69) is 11.1 Å². The Hall–Kier alpha value is -3.39. The van der Waals surface area contributed by atoms with Gasteiger partial charge in [0.1, 0.15) is 5.69 Å². The van der Waals surface area contributed by atoms with E-state index in [1.807, 2.05) is 19.1 Å². The van der Waals surface area contributed by atoms with Crippen LogP contribution in [0.3, 0.4) is 0 Å². The highest BCUT2D eigenvalue weighted by Gasteiger charge is 2.21. The Kier molecular flexibility index (Phi) is 7.17. The molecule has 0 radical (unpaired) electrons. The third-order valence-electron chi connectivity index (χ3n) is 5.82. The summed E-state index contributed by atoms with van der Waals surface area (Å²) in [5.41, 5.74) is 2.96. The van der Waals surface area contributed by atoms with E-state index >= 15 is 0 Å². The van der Waals surface area contributed by atoms with Gasteiger partial charge in [0.15, 0.2) is 9.84 Å². The van der Waals surface area contributed by atoms with Gasteiger partial charge in [-0.3, -0.25) is 4.98 Å². The predicted octanol–water partition coefficient (Wildman–Crippen LogP) is 4.84. The number of carboxylic acid groups (broad SMARTS) is 1. The van der Waals surface area contributed by atoms with Gasteiger partial charge in [0.05, 0.1) is 35.1 Å². The number of carbonyl (C=O) groups is 1. The zero-order chi connectivity index (χ0) is 24.1. The number of aromatic carboxylic acids is 1. The summed E-state index contributed by atoms with van der Waals surface area (Å²) in [7, 11) is -3.44. The third-order valence-corrected chi connectivity index (χ3v) is 7.39. The molecule has 8 heteroatoms. The Bertz CT molecular complexity index is 1350. The molecule has 7 nitrogen and oxygen atoms in total. The molecule has 1 aliphatic carbocycles. The molecular weight excluding hydrogens is 452 g/mol. The van der Waals surface area contributed by atoms with Crippen LogP contribution in [0, 0.1) is 0 Å². The SMILES string of the molecule is CCOC1=CC(c2nccc3c2cc(C(=O)O)n3CCS(=O)(=O)Cc2ccccc2)=CCCC1. The summed E-state index contributed by atoms with van der Waals surface area (Å²) in [6.45, 7) is 2.57. The number of sulfone groups is 1. The van der Waals surface area contributed by atoms with Crippen LogP contribution in [0.25, 0.3) is 16.5 Å². The Balaban J connectivity index is 1.69. The molecule has 1 N–H and O–H groups in total. The van der Waals surface area contributed by atoms with E-state index in [0.717, 1.165) is 30.6 Å². The maximum atomic E-state index is 12.8. The number of hydrogen-bond acceptors (Lipinski definition) is 5. The Morgan fingerprint density at radius 3 is 2.74 bits per heavy atom. The second-order valence-corrected chi connectivity index (χ2v) is 10.4. The minimum absolute atomic E-state index is 0.0439. The lowest BCUT2D eigenvalue weighted by molar-refractivity contribution is 0.0686. The van der Waals surface area contributed by atoms with Crippen molar-refractivity contribution in [3.63, 3.8) is 0 Å². The molecule has 0 fully saturated rings. The number of allylic oxidation sites excluding steroid dienone is 4. The van der Waals surface area contributed by atoms with Crippen LogP contribution in [0.5, 0.6) is 0 Å². The largest absolute Gasteiger partial charge is 0.498 e. The molecule has 0 atom stereocenters. The highest BCUT2D eigenvalue weighted by molar-refractivity contribution is 7.90. The van der Waals surface area contributed by atoms with Crippen LogP contribution in [0.1, 0.15) is 47.9 Å². The van der Waals surface area contributed by atoms with Crippen LogP contribution in [0.4, 0.5) is 0 Å². The lowest BCUT2D eigenvalue weighted by atomic mass is 10.1. The Labute approximate surface area is 199 Å². The number of nitrogens with zero attached hydrogens (tertiary/aromatic N) is 2. The van der Waals surface area contributed by atoms with Crippen LogP contribution in [-0.4, -0.2) is 41.4 Å². The van der Waals surface area contributed by atoms with Gasteiger partial charge in [-0.2, -0.15) is 0 Å². The van der Waals surface area contributed by atoms with Crippen LogP contribution in [0.2, 0.25) is 0 Å². The van der Waals surface area contributed by atoms with E-state index in [9.17, 15) is 18.3 Å². The first-order valence-electron chi connectivity index (χ1n) is 11.4. The summed E-state index contributed by atoms with van der Waals surface area (Å²) in [5.74, 6) is -0.473. The fourth-order valence-electron chi connectivity index (χ4n) is 4.27. The van der Waals surface area contributed by atoms with Gasteiger partial charge < -0.3 is 14.4 Å². The van der Waals surface area contributed by atoms with Crippen LogP contribution in [-0.2, 0) is 26.9 Å². The Morgan fingerprint density at radius 2 is 2.00 bits per heavy atom. The molecule has 2 aromatic heterocycles. The average molecular weight is 481 g/mol. The standard InChI is InChI=1S/C26H28N2O5S/c1-2-33-21-11-7-6-10-20(16-21)25-22-17-24(26(29)30)28(23(22)12-13-27-25)14-15-34(31,32)18-19-8-4-3-5-9-19/h3-5,8-10,12-13,16-17H,2,6-7,11,14-15,18H2,1H3,(H,29,30). The maximum Gasteiger partial charge on any atom is 0.352 e. The molecule has 34 heavy (non-hydrogen) atoms. The molecule has 3 aromatic rings. The number of carboxylic acids is 1. The number of hydrogen-bond donors (Lipinski definition) is 1. The fraction of sp³-hybridized carbons (Fsp3) is 0.308. The number of rotatable bonds is 9. The lowest BCUT2D eigenvalue weighted by Crippen LogP contribution is -2.17. The zero-order valence-electron chi connectivity index (χ0n) is 19.1. The summed E-state index contributed by atoms with van der Waals surface area (Å²) in [6.07, 6.45) is 8.37. The van der Waals surface area contributed by atoms with Gasteiger partial charge in [0.2, 0.25) is 0 Å². The Morgan fingerprint density at radius 1 is 1.21 bits per heavy atom. The van der Waals surface area contributed by atoms with Gasteiger partial charge in [0.25, 0.3) is 0 Å². The van der Waals surface area contributed by atoms with E-state index in [-0.39, 0.29) is 23.7 Å². The number of fused-ring (bicyclic) bond motifs is 1. The van der Waals surface area contributed by atoms with E-state index in [4.69, 9.17) is 4.74 Å². The van der Waals surface area contributed by atoms with E-state index in [1.54, 1.807) is 47.2 Å². The summed E-state index contributed by atoms with van der Waals surface area (Å²) >= 11 is 0. The zero-order valence-corrected chi connectivity index (χ0v) is 19.9. The van der Waals surface area contributed by atoms with Crippen molar-refractivity contribution in [3.05, 3.63) is 83.5 Å². The second kappa shape index (κ2) is 10.3. The number of pyridine rings is 1. The van der Waals surface area contributed by atoms with Crippen molar-refractivity contribution in [2.24, 2.45) is 0 Å². The van der Waals surface area contributed by atoms with Gasteiger partial charge >= 0.3 is 5.97 Å². The van der Waals surface area contributed by atoms with E-state index in [0.29, 0.717) is 28.8 Å². The number of aromatic nitrogens is 2. The molecule has 0 bridgehead atoms. The van der Waals surface area contributed by atoms with Gasteiger partial charge in [-0.15, -0.1) is 0 Å². The van der Waals surface area contributed by atoms with Crippen LogP contribution < -0.4 is 0 Å². The smallest absolute Gasteiger partial charge is 0.352 e. The highest BCUT2D eigenvalue weighted by Crippen LogP contribution is 2.31. The quantitative estimate of drug-likeness (QED) is 0.471. The highest BCUT2D eigenvalue weighted by atomic mass is 32.2. The minimum Gasteiger partial charge on any atom is -0.498 e. The van der Waals surface area contributed by atoms with Gasteiger partial charge in [-0.25, -0.2) is 13.2 Å². The second-order valence-electron chi connectivity index (χ2n) is 8.25. The van der Waals surface area contributed by atoms with Crippen molar-refractivity contribution >= 4 is 32.3 Å². The number of ether oxygens (including phenoxy) is 1. The molecule has 0 saturated heterocycles. The van der Waals surface area contributed by atoms with Gasteiger partial charge in [-0.1, -0.05) is 36.4 Å². The average Bonchev–Trinajstić information content (AvgIpc) is 3.03. The monoisotopic (exact) mass is 480 g/mol. The van der Waals surface area contributed by atoms with Crippen molar-refractivity contribution < 1.29 is 23.1 Å². The van der Waals surface area contributed by atoms with Crippen LogP contribution in [0.15, 0.2) is 66.6 Å². The van der Waals surface area contributed by atoms with Gasteiger partial charge in [0, 0.05) is 30.1 Å². The lowest BCUT2D eigenvalue weighted by Gasteiger charge is -2.11. The van der Waals surface area contributed by atoms with E-state index < -0.39 is 15.8 Å².